The van der Waals surface area contributed by atoms with Crippen LogP contribution in [0.2, 0.25) is 0 Å². The number of nitrogens with zero attached hydrogens (tertiary/aromatic N) is 1. The van der Waals surface area contributed by atoms with Crippen molar-refractivity contribution in [2.24, 2.45) is 0 Å². The van der Waals surface area contributed by atoms with Crippen molar-refractivity contribution in [2.45, 2.75) is 32.6 Å². The number of hydrogen-bond donors (Lipinski definition) is 3. The lowest BCUT2D eigenvalue weighted by atomic mass is 10.2. The first-order chi connectivity index (χ1) is 12.8. The Bertz CT molecular complexity index is 821. The summed E-state index contributed by atoms with van der Waals surface area (Å²) in [5, 5.41) is 11.4. The molecule has 0 saturated heterocycles. The number of amides is 3. The molecule has 2 aromatic rings. The second kappa shape index (κ2) is 9.77. The van der Waals surface area contributed by atoms with Gasteiger partial charge in [0.25, 0.3) is 0 Å². The highest BCUT2D eigenvalue weighted by Crippen LogP contribution is 2.14. The highest BCUT2D eigenvalue weighted by molar-refractivity contribution is 8.01. The molecule has 0 aliphatic carbocycles. The second-order valence-electron chi connectivity index (χ2n) is 5.92. The van der Waals surface area contributed by atoms with Crippen LogP contribution in [0.25, 0.3) is 0 Å². The van der Waals surface area contributed by atoms with Gasteiger partial charge in [0, 0.05) is 25.2 Å². The van der Waals surface area contributed by atoms with E-state index in [1.54, 1.807) is 38.1 Å². The van der Waals surface area contributed by atoms with Crippen LogP contribution in [-0.2, 0) is 20.9 Å². The summed E-state index contributed by atoms with van der Waals surface area (Å²) >= 11 is 1.23. The highest BCUT2D eigenvalue weighted by Gasteiger charge is 2.16. The van der Waals surface area contributed by atoms with Crippen molar-refractivity contribution >= 4 is 41.0 Å². The van der Waals surface area contributed by atoms with Crippen LogP contribution >= 0.6 is 11.8 Å². The monoisotopic (exact) mass is 390 g/mol. The van der Waals surface area contributed by atoms with E-state index in [4.69, 9.17) is 4.52 Å². The first-order valence-electron chi connectivity index (χ1n) is 8.32. The molecule has 9 heteroatoms. The summed E-state index contributed by atoms with van der Waals surface area (Å²) in [4.78, 5) is 35.2. The zero-order valence-electron chi connectivity index (χ0n) is 15.4. The number of carbonyl (C=O) groups excluding carboxylic acids is 3. The number of hydrogen-bond acceptors (Lipinski definition) is 6. The fraction of sp³-hybridized carbons (Fsp3) is 0.333. The predicted molar refractivity (Wildman–Crippen MR) is 104 cm³/mol. The Labute approximate surface area is 161 Å². The van der Waals surface area contributed by atoms with Crippen LogP contribution in [0, 0.1) is 6.92 Å². The maximum absolute atomic E-state index is 12.1. The van der Waals surface area contributed by atoms with Crippen molar-refractivity contribution in [1.82, 2.24) is 10.5 Å². The molecule has 1 heterocycles. The number of thioether (sulfide) groups is 1. The minimum atomic E-state index is -0.421. The number of rotatable bonds is 8. The Balaban J connectivity index is 1.74. The smallest absolute Gasteiger partial charge is 0.238 e. The Hall–Kier alpha value is -2.81. The SMILES string of the molecule is CC(=O)Nc1cccc(CNC(=O)CSC(C)C(=O)Nc2cc(C)on2)c1. The molecule has 1 aromatic heterocycles. The third-order valence-electron chi connectivity index (χ3n) is 3.45. The normalized spacial score (nSPS) is 11.5. The van der Waals surface area contributed by atoms with Crippen LogP contribution in [-0.4, -0.2) is 33.9 Å². The number of nitrogens with one attached hydrogen (secondary N) is 3. The van der Waals surface area contributed by atoms with Crippen molar-refractivity contribution in [3.63, 3.8) is 0 Å². The average molecular weight is 390 g/mol. The van der Waals surface area contributed by atoms with E-state index in [2.05, 4.69) is 21.1 Å². The standard InChI is InChI=1S/C18H22N4O4S/c1-11-7-16(22-26-11)21-18(25)12(2)27-10-17(24)19-9-14-5-4-6-15(8-14)20-13(3)23/h4-8,12H,9-10H2,1-3H3,(H,19,24)(H,20,23)(H,21,22,25). The lowest BCUT2D eigenvalue weighted by Gasteiger charge is -2.11. The summed E-state index contributed by atoms with van der Waals surface area (Å²) in [6.07, 6.45) is 0. The molecule has 3 amide bonds. The van der Waals surface area contributed by atoms with Gasteiger partial charge in [-0.25, -0.2) is 0 Å². The first-order valence-corrected chi connectivity index (χ1v) is 9.37. The van der Waals surface area contributed by atoms with E-state index in [0.717, 1.165) is 5.56 Å². The number of aromatic nitrogens is 1. The Kier molecular flexibility index (Phi) is 7.42. The molecule has 0 radical (unpaired) electrons. The number of aryl methyl sites for hydroxylation is 1. The molecule has 0 fully saturated rings. The van der Waals surface area contributed by atoms with Crippen LogP contribution in [0.1, 0.15) is 25.2 Å². The van der Waals surface area contributed by atoms with E-state index in [1.807, 2.05) is 6.07 Å². The molecule has 1 atom stereocenters. The average Bonchev–Trinajstić information content (AvgIpc) is 3.02. The van der Waals surface area contributed by atoms with Crippen molar-refractivity contribution in [3.05, 3.63) is 41.7 Å². The Morgan fingerprint density at radius 1 is 1.22 bits per heavy atom. The largest absolute Gasteiger partial charge is 0.360 e. The van der Waals surface area contributed by atoms with Crippen LogP contribution in [0.3, 0.4) is 0 Å². The van der Waals surface area contributed by atoms with Crippen LogP contribution in [0.4, 0.5) is 11.5 Å². The molecule has 2 rings (SSSR count). The van der Waals surface area contributed by atoms with E-state index in [0.29, 0.717) is 23.8 Å². The van der Waals surface area contributed by atoms with Crippen LogP contribution in [0.5, 0.6) is 0 Å². The van der Waals surface area contributed by atoms with E-state index in [1.165, 1.54) is 18.7 Å². The molecule has 8 nitrogen and oxygen atoms in total. The van der Waals surface area contributed by atoms with Gasteiger partial charge in [0.05, 0.1) is 11.0 Å². The number of anilines is 2. The van der Waals surface area contributed by atoms with Gasteiger partial charge in [-0.05, 0) is 31.5 Å². The lowest BCUT2D eigenvalue weighted by molar-refractivity contribution is -0.118. The molecule has 0 bridgehead atoms. The summed E-state index contributed by atoms with van der Waals surface area (Å²) in [7, 11) is 0. The topological polar surface area (TPSA) is 113 Å². The molecule has 0 aliphatic rings. The molecule has 0 saturated carbocycles. The molecule has 27 heavy (non-hydrogen) atoms. The van der Waals surface area contributed by atoms with Gasteiger partial charge in [0.1, 0.15) is 5.76 Å². The highest BCUT2D eigenvalue weighted by atomic mass is 32.2. The van der Waals surface area contributed by atoms with Gasteiger partial charge in [0.2, 0.25) is 17.7 Å². The van der Waals surface area contributed by atoms with Gasteiger partial charge in [0.15, 0.2) is 5.82 Å². The fourth-order valence-corrected chi connectivity index (χ4v) is 2.86. The Morgan fingerprint density at radius 3 is 2.67 bits per heavy atom. The van der Waals surface area contributed by atoms with Gasteiger partial charge < -0.3 is 20.5 Å². The van der Waals surface area contributed by atoms with Gasteiger partial charge >= 0.3 is 0 Å². The molecule has 0 aliphatic heterocycles. The fourth-order valence-electron chi connectivity index (χ4n) is 2.14. The maximum Gasteiger partial charge on any atom is 0.238 e. The second-order valence-corrected chi connectivity index (χ2v) is 7.25. The molecule has 144 valence electrons. The minimum absolute atomic E-state index is 0.151. The van der Waals surface area contributed by atoms with Gasteiger partial charge in [-0.1, -0.05) is 17.3 Å². The zero-order valence-corrected chi connectivity index (χ0v) is 16.2. The van der Waals surface area contributed by atoms with Crippen molar-refractivity contribution in [1.29, 1.82) is 0 Å². The summed E-state index contributed by atoms with van der Waals surface area (Å²) in [5.41, 5.74) is 1.55. The van der Waals surface area contributed by atoms with Gasteiger partial charge in [-0.3, -0.25) is 14.4 Å². The Morgan fingerprint density at radius 2 is 2.00 bits per heavy atom. The van der Waals surface area contributed by atoms with Crippen molar-refractivity contribution < 1.29 is 18.9 Å². The van der Waals surface area contributed by atoms with Gasteiger partial charge in [-0.2, -0.15) is 0 Å². The molecule has 1 aromatic carbocycles. The molecular weight excluding hydrogens is 368 g/mol. The lowest BCUT2D eigenvalue weighted by Crippen LogP contribution is -2.28. The van der Waals surface area contributed by atoms with E-state index in [-0.39, 0.29) is 23.5 Å². The molecule has 1 unspecified atom stereocenters. The molecule has 3 N–H and O–H groups in total. The number of carbonyl (C=O) groups is 3. The predicted octanol–water partition coefficient (Wildman–Crippen LogP) is 2.32. The summed E-state index contributed by atoms with van der Waals surface area (Å²) in [6, 6.07) is 8.86. The first kappa shape index (κ1) is 20.5. The van der Waals surface area contributed by atoms with E-state index in [9.17, 15) is 14.4 Å². The molecular formula is C18H22N4O4S. The number of benzene rings is 1. The quantitative estimate of drug-likeness (QED) is 0.637. The van der Waals surface area contributed by atoms with Crippen LogP contribution < -0.4 is 16.0 Å². The van der Waals surface area contributed by atoms with Crippen molar-refractivity contribution in [2.75, 3.05) is 16.4 Å². The zero-order chi connectivity index (χ0) is 19.8. The summed E-state index contributed by atoms with van der Waals surface area (Å²) in [5.74, 6) is 0.533. The third-order valence-corrected chi connectivity index (χ3v) is 4.59. The van der Waals surface area contributed by atoms with E-state index < -0.39 is 5.25 Å². The molecule has 0 spiro atoms. The van der Waals surface area contributed by atoms with E-state index >= 15 is 0 Å². The summed E-state index contributed by atoms with van der Waals surface area (Å²) < 4.78 is 4.89. The van der Waals surface area contributed by atoms with Crippen molar-refractivity contribution in [3.8, 4) is 0 Å². The third kappa shape index (κ3) is 7.14. The van der Waals surface area contributed by atoms with Crippen LogP contribution in [0.15, 0.2) is 34.9 Å². The minimum Gasteiger partial charge on any atom is -0.360 e. The summed E-state index contributed by atoms with van der Waals surface area (Å²) in [6.45, 7) is 5.23. The maximum atomic E-state index is 12.1. The van der Waals surface area contributed by atoms with Gasteiger partial charge in [-0.15, -0.1) is 11.8 Å².